The number of rotatable bonds is 2. The monoisotopic (exact) mass is 243 g/mol. The Morgan fingerprint density at radius 1 is 1.53 bits per heavy atom. The molecule has 1 fully saturated rings. The quantitative estimate of drug-likeness (QED) is 0.740. The van der Waals surface area contributed by atoms with Crippen molar-refractivity contribution in [3.8, 4) is 0 Å². The van der Waals surface area contributed by atoms with Gasteiger partial charge in [-0.2, -0.15) is 0 Å². The van der Waals surface area contributed by atoms with E-state index in [1.807, 2.05) is 20.8 Å². The maximum Gasteiger partial charge on any atom is 0.410 e. The van der Waals surface area contributed by atoms with E-state index in [1.165, 1.54) is 0 Å². The summed E-state index contributed by atoms with van der Waals surface area (Å²) >= 11 is 0. The molecular formula is C12H21NO4. The predicted molar refractivity (Wildman–Crippen MR) is 62.6 cm³/mol. The molecule has 0 bridgehead atoms. The number of amides is 1. The molecule has 2 unspecified atom stereocenters. The highest BCUT2D eigenvalue weighted by atomic mass is 16.6. The number of carbonyl (C=O) groups is 2. The zero-order valence-electron chi connectivity index (χ0n) is 10.7. The fourth-order valence-electron chi connectivity index (χ4n) is 1.87. The summed E-state index contributed by atoms with van der Waals surface area (Å²) in [6.45, 7) is 6.30. The summed E-state index contributed by atoms with van der Waals surface area (Å²) in [6.07, 6.45) is 0.684. The summed E-state index contributed by atoms with van der Waals surface area (Å²) in [5.41, 5.74) is -0.521. The minimum absolute atomic E-state index is 0.172. The van der Waals surface area contributed by atoms with Gasteiger partial charge in [0.2, 0.25) is 0 Å². The van der Waals surface area contributed by atoms with E-state index in [0.717, 1.165) is 6.29 Å². The van der Waals surface area contributed by atoms with Crippen molar-refractivity contribution in [3.05, 3.63) is 0 Å². The predicted octanol–water partition coefficient (Wildman–Crippen LogP) is 1.19. The highest BCUT2D eigenvalue weighted by molar-refractivity contribution is 5.68. The lowest BCUT2D eigenvalue weighted by Gasteiger charge is -2.36. The van der Waals surface area contributed by atoms with Crippen molar-refractivity contribution in [1.29, 1.82) is 0 Å². The van der Waals surface area contributed by atoms with Gasteiger partial charge in [-0.15, -0.1) is 0 Å². The molecule has 1 N–H and O–H groups in total. The van der Waals surface area contributed by atoms with E-state index in [2.05, 4.69) is 0 Å². The van der Waals surface area contributed by atoms with Crippen LogP contribution in [0.15, 0.2) is 0 Å². The Morgan fingerprint density at radius 3 is 2.71 bits per heavy atom. The second-order valence-electron chi connectivity index (χ2n) is 5.44. The van der Waals surface area contributed by atoms with Gasteiger partial charge in [0.05, 0.1) is 6.10 Å². The highest BCUT2D eigenvalue weighted by Gasteiger charge is 2.32. The summed E-state index contributed by atoms with van der Waals surface area (Å²) in [5.74, 6) is -0.172. The molecule has 0 aromatic rings. The molecule has 0 aromatic carbocycles. The molecule has 0 radical (unpaired) electrons. The van der Waals surface area contributed by atoms with Crippen LogP contribution in [0.25, 0.3) is 0 Å². The molecule has 1 saturated heterocycles. The maximum absolute atomic E-state index is 11.8. The first-order valence-electron chi connectivity index (χ1n) is 5.93. The maximum atomic E-state index is 11.8. The molecule has 1 rings (SSSR count). The van der Waals surface area contributed by atoms with Crippen molar-refractivity contribution in [2.24, 2.45) is 5.92 Å². The number of piperidine rings is 1. The van der Waals surface area contributed by atoms with E-state index in [9.17, 15) is 14.7 Å². The second-order valence-corrected chi connectivity index (χ2v) is 5.44. The lowest BCUT2D eigenvalue weighted by atomic mass is 9.92. The first kappa shape index (κ1) is 14.0. The molecule has 2 atom stereocenters. The zero-order chi connectivity index (χ0) is 13.1. The van der Waals surface area contributed by atoms with E-state index in [-0.39, 0.29) is 18.4 Å². The Bertz CT molecular complexity index is 285. The first-order valence-corrected chi connectivity index (χ1v) is 5.93. The van der Waals surface area contributed by atoms with Crippen molar-refractivity contribution < 1.29 is 19.4 Å². The van der Waals surface area contributed by atoms with Gasteiger partial charge in [-0.25, -0.2) is 4.79 Å². The molecule has 98 valence electrons. The average Bonchev–Trinajstić information content (AvgIpc) is 2.19. The number of hydrogen-bond acceptors (Lipinski definition) is 4. The number of hydrogen-bond donors (Lipinski definition) is 1. The number of aldehydes is 1. The first-order chi connectivity index (χ1) is 7.83. The number of aliphatic hydroxyl groups is 1. The molecule has 0 aromatic heterocycles. The smallest absolute Gasteiger partial charge is 0.410 e. The molecule has 1 aliphatic heterocycles. The standard InChI is InChI=1S/C12H21NO4/c1-12(2,3)17-11(16)13-6-4-10(15)9(8-13)5-7-14/h7,9-10,15H,4-6,8H2,1-3H3. The Labute approximate surface area is 102 Å². The van der Waals surface area contributed by atoms with Crippen molar-refractivity contribution in [2.75, 3.05) is 13.1 Å². The third kappa shape index (κ3) is 4.34. The minimum atomic E-state index is -0.521. The van der Waals surface area contributed by atoms with Crippen LogP contribution < -0.4 is 0 Å². The van der Waals surface area contributed by atoms with Gasteiger partial charge in [-0.3, -0.25) is 0 Å². The van der Waals surface area contributed by atoms with Crippen LogP contribution in [-0.4, -0.2) is 47.2 Å². The van der Waals surface area contributed by atoms with E-state index in [4.69, 9.17) is 4.74 Å². The van der Waals surface area contributed by atoms with Crippen LogP contribution in [0.4, 0.5) is 4.79 Å². The Hall–Kier alpha value is -1.10. The minimum Gasteiger partial charge on any atom is -0.444 e. The third-order valence-electron chi connectivity index (χ3n) is 2.74. The van der Waals surface area contributed by atoms with Crippen LogP contribution in [0.5, 0.6) is 0 Å². The normalized spacial score (nSPS) is 25.5. The molecule has 5 heteroatoms. The highest BCUT2D eigenvalue weighted by Crippen LogP contribution is 2.21. The van der Waals surface area contributed by atoms with Crippen LogP contribution in [0.1, 0.15) is 33.6 Å². The summed E-state index contributed by atoms with van der Waals surface area (Å²) in [5, 5.41) is 9.69. The largest absolute Gasteiger partial charge is 0.444 e. The fraction of sp³-hybridized carbons (Fsp3) is 0.833. The molecular weight excluding hydrogens is 222 g/mol. The summed E-state index contributed by atoms with van der Waals surface area (Å²) in [6, 6.07) is 0. The second kappa shape index (κ2) is 5.49. The molecule has 0 saturated carbocycles. The average molecular weight is 243 g/mol. The van der Waals surface area contributed by atoms with Crippen LogP contribution in [0, 0.1) is 5.92 Å². The van der Waals surface area contributed by atoms with Gasteiger partial charge >= 0.3 is 6.09 Å². The summed E-state index contributed by atoms with van der Waals surface area (Å²) in [7, 11) is 0. The molecule has 0 aliphatic carbocycles. The molecule has 1 amide bonds. The van der Waals surface area contributed by atoms with Crippen molar-refractivity contribution in [3.63, 3.8) is 0 Å². The van der Waals surface area contributed by atoms with Crippen LogP contribution in [0.2, 0.25) is 0 Å². The van der Waals surface area contributed by atoms with Crippen molar-refractivity contribution in [2.45, 2.75) is 45.3 Å². The van der Waals surface area contributed by atoms with Gasteiger partial charge in [0.1, 0.15) is 11.9 Å². The Balaban J connectivity index is 2.55. The molecule has 5 nitrogen and oxygen atoms in total. The summed E-state index contributed by atoms with van der Waals surface area (Å²) in [4.78, 5) is 23.8. The SMILES string of the molecule is CC(C)(C)OC(=O)N1CCC(O)C(CC=O)C1. The number of ether oxygens (including phenoxy) is 1. The van der Waals surface area contributed by atoms with Gasteiger partial charge in [0.15, 0.2) is 0 Å². The topological polar surface area (TPSA) is 66.8 Å². The van der Waals surface area contributed by atoms with Crippen LogP contribution >= 0.6 is 0 Å². The molecule has 17 heavy (non-hydrogen) atoms. The van der Waals surface area contributed by atoms with Gasteiger partial charge in [0.25, 0.3) is 0 Å². The lowest BCUT2D eigenvalue weighted by Crippen LogP contribution is -2.47. The van der Waals surface area contributed by atoms with E-state index in [1.54, 1.807) is 4.90 Å². The Kier molecular flexibility index (Phi) is 4.51. The summed E-state index contributed by atoms with van der Waals surface area (Å²) < 4.78 is 5.26. The zero-order valence-corrected chi connectivity index (χ0v) is 10.7. The van der Waals surface area contributed by atoms with Crippen molar-refractivity contribution in [1.82, 2.24) is 4.90 Å². The number of likely N-dealkylation sites (tertiary alicyclic amines) is 1. The van der Waals surface area contributed by atoms with Crippen LogP contribution in [-0.2, 0) is 9.53 Å². The number of nitrogens with zero attached hydrogens (tertiary/aromatic N) is 1. The Morgan fingerprint density at radius 2 is 2.18 bits per heavy atom. The van der Waals surface area contributed by atoms with Crippen LogP contribution in [0.3, 0.4) is 0 Å². The van der Waals surface area contributed by atoms with Gasteiger partial charge in [-0.1, -0.05) is 0 Å². The molecule has 0 spiro atoms. The third-order valence-corrected chi connectivity index (χ3v) is 2.74. The van der Waals surface area contributed by atoms with Gasteiger partial charge in [0, 0.05) is 25.4 Å². The number of carbonyl (C=O) groups excluding carboxylic acids is 2. The van der Waals surface area contributed by atoms with Gasteiger partial charge < -0.3 is 19.5 Å². The van der Waals surface area contributed by atoms with E-state index < -0.39 is 11.7 Å². The molecule has 1 aliphatic rings. The van der Waals surface area contributed by atoms with E-state index >= 15 is 0 Å². The van der Waals surface area contributed by atoms with E-state index in [0.29, 0.717) is 19.5 Å². The fourth-order valence-corrected chi connectivity index (χ4v) is 1.87. The number of aliphatic hydroxyl groups excluding tert-OH is 1. The molecule has 1 heterocycles. The lowest BCUT2D eigenvalue weighted by molar-refractivity contribution is -0.110. The van der Waals surface area contributed by atoms with Crippen molar-refractivity contribution >= 4 is 12.4 Å². The van der Waals surface area contributed by atoms with Gasteiger partial charge in [-0.05, 0) is 27.2 Å².